The summed E-state index contributed by atoms with van der Waals surface area (Å²) in [6.07, 6.45) is 5.23. The first-order chi connectivity index (χ1) is 11.9. The molecular formula is C18H23ClN4O2. The Kier molecular flexibility index (Phi) is 6.58. The lowest BCUT2D eigenvalue weighted by Crippen LogP contribution is -2.52. The van der Waals surface area contributed by atoms with Crippen LogP contribution < -0.4 is 10.6 Å². The summed E-state index contributed by atoms with van der Waals surface area (Å²) >= 11 is 5.84. The van der Waals surface area contributed by atoms with Gasteiger partial charge in [0.1, 0.15) is 6.04 Å². The van der Waals surface area contributed by atoms with Crippen LogP contribution in [-0.2, 0) is 11.3 Å². The number of rotatable bonds is 7. The fourth-order valence-electron chi connectivity index (χ4n) is 2.45. The average molecular weight is 363 g/mol. The van der Waals surface area contributed by atoms with Gasteiger partial charge in [0.05, 0.1) is 6.33 Å². The number of benzene rings is 1. The highest BCUT2D eigenvalue weighted by Gasteiger charge is 2.25. The highest BCUT2D eigenvalue weighted by Crippen LogP contribution is 2.11. The van der Waals surface area contributed by atoms with Crippen LogP contribution in [0.4, 0.5) is 0 Å². The van der Waals surface area contributed by atoms with E-state index in [1.54, 1.807) is 36.8 Å². The van der Waals surface area contributed by atoms with Gasteiger partial charge in [-0.25, -0.2) is 4.98 Å². The first-order valence-electron chi connectivity index (χ1n) is 8.19. The second kappa shape index (κ2) is 8.67. The molecule has 7 heteroatoms. The second-order valence-corrected chi connectivity index (χ2v) is 6.81. The van der Waals surface area contributed by atoms with Crippen LogP contribution >= 0.6 is 11.6 Å². The van der Waals surface area contributed by atoms with Gasteiger partial charge in [0.25, 0.3) is 5.91 Å². The predicted molar refractivity (Wildman–Crippen MR) is 97.4 cm³/mol. The molecule has 0 saturated carbocycles. The molecule has 2 amide bonds. The Balaban J connectivity index is 1.97. The number of aromatic nitrogens is 2. The molecule has 1 heterocycles. The number of halogens is 1. The molecule has 0 radical (unpaired) electrons. The fraction of sp³-hybridized carbons (Fsp3) is 0.389. The largest absolute Gasteiger partial charge is 0.350 e. The molecule has 2 aromatic rings. The van der Waals surface area contributed by atoms with Crippen molar-refractivity contribution in [1.82, 2.24) is 20.2 Å². The molecule has 6 nitrogen and oxygen atoms in total. The van der Waals surface area contributed by atoms with Crippen LogP contribution in [0.15, 0.2) is 43.0 Å². The summed E-state index contributed by atoms with van der Waals surface area (Å²) in [5, 5.41) is 6.30. The Bertz CT molecular complexity index is 698. The molecule has 25 heavy (non-hydrogen) atoms. The van der Waals surface area contributed by atoms with Crippen LogP contribution in [0.2, 0.25) is 5.02 Å². The van der Waals surface area contributed by atoms with E-state index in [4.69, 9.17) is 11.6 Å². The minimum absolute atomic E-state index is 0.0447. The van der Waals surface area contributed by atoms with Crippen LogP contribution in [0.25, 0.3) is 0 Å². The monoisotopic (exact) mass is 362 g/mol. The van der Waals surface area contributed by atoms with Crippen molar-refractivity contribution in [3.63, 3.8) is 0 Å². The SMILES string of the molecule is CC(C)[C@H](NC(=O)c1ccc(Cl)cc1)C(=O)N[C@@H](C)Cn1ccnc1. The predicted octanol–water partition coefficient (Wildman–Crippen LogP) is 2.50. The first-order valence-corrected chi connectivity index (χ1v) is 8.57. The van der Waals surface area contributed by atoms with E-state index in [0.717, 1.165) is 0 Å². The van der Waals surface area contributed by atoms with Crippen molar-refractivity contribution >= 4 is 23.4 Å². The summed E-state index contributed by atoms with van der Waals surface area (Å²) in [5.41, 5.74) is 0.467. The third kappa shape index (κ3) is 5.60. The van der Waals surface area contributed by atoms with Crippen LogP contribution in [-0.4, -0.2) is 33.4 Å². The van der Waals surface area contributed by atoms with Gasteiger partial charge in [0, 0.05) is 35.6 Å². The number of nitrogens with zero attached hydrogens (tertiary/aromatic N) is 2. The third-order valence-electron chi connectivity index (χ3n) is 3.77. The quantitative estimate of drug-likeness (QED) is 0.794. The van der Waals surface area contributed by atoms with E-state index in [1.807, 2.05) is 31.5 Å². The van der Waals surface area contributed by atoms with E-state index in [9.17, 15) is 9.59 Å². The van der Waals surface area contributed by atoms with Gasteiger partial charge in [-0.05, 0) is 37.1 Å². The lowest BCUT2D eigenvalue weighted by molar-refractivity contribution is -0.124. The Hall–Kier alpha value is -2.34. The lowest BCUT2D eigenvalue weighted by atomic mass is 10.0. The molecule has 0 saturated heterocycles. The number of carbonyl (C=O) groups excluding carboxylic acids is 2. The molecule has 2 atom stereocenters. The molecule has 134 valence electrons. The summed E-state index contributed by atoms with van der Waals surface area (Å²) in [7, 11) is 0. The van der Waals surface area contributed by atoms with Gasteiger partial charge in [-0.1, -0.05) is 25.4 Å². The minimum Gasteiger partial charge on any atom is -0.350 e. The van der Waals surface area contributed by atoms with E-state index in [2.05, 4.69) is 15.6 Å². The maximum Gasteiger partial charge on any atom is 0.251 e. The average Bonchev–Trinajstić information content (AvgIpc) is 3.05. The summed E-state index contributed by atoms with van der Waals surface area (Å²) in [6.45, 7) is 6.32. The van der Waals surface area contributed by atoms with Gasteiger partial charge in [-0.15, -0.1) is 0 Å². The number of amides is 2. The summed E-state index contributed by atoms with van der Waals surface area (Å²) in [5.74, 6) is -0.547. The van der Waals surface area contributed by atoms with Gasteiger partial charge in [0.2, 0.25) is 5.91 Å². The summed E-state index contributed by atoms with van der Waals surface area (Å²) in [6, 6.07) is 5.86. The lowest BCUT2D eigenvalue weighted by Gasteiger charge is -2.24. The number of imidazole rings is 1. The summed E-state index contributed by atoms with van der Waals surface area (Å²) in [4.78, 5) is 28.9. The normalized spacial score (nSPS) is 13.3. The molecule has 0 aliphatic heterocycles. The molecule has 0 bridgehead atoms. The zero-order valence-corrected chi connectivity index (χ0v) is 15.3. The molecule has 0 aliphatic carbocycles. The van der Waals surface area contributed by atoms with Crippen molar-refractivity contribution in [2.75, 3.05) is 0 Å². The number of hydrogen-bond acceptors (Lipinski definition) is 3. The molecular weight excluding hydrogens is 340 g/mol. The van der Waals surface area contributed by atoms with E-state index < -0.39 is 6.04 Å². The number of carbonyl (C=O) groups is 2. The van der Waals surface area contributed by atoms with Gasteiger partial charge in [-0.3, -0.25) is 9.59 Å². The highest BCUT2D eigenvalue weighted by molar-refractivity contribution is 6.30. The molecule has 2 rings (SSSR count). The Morgan fingerprint density at radius 2 is 1.84 bits per heavy atom. The second-order valence-electron chi connectivity index (χ2n) is 6.37. The fourth-order valence-corrected chi connectivity index (χ4v) is 2.58. The maximum absolute atomic E-state index is 12.6. The van der Waals surface area contributed by atoms with E-state index in [0.29, 0.717) is 17.1 Å². The molecule has 1 aromatic carbocycles. The van der Waals surface area contributed by atoms with Crippen molar-refractivity contribution in [2.45, 2.75) is 39.4 Å². The van der Waals surface area contributed by atoms with Crippen LogP contribution in [0.5, 0.6) is 0 Å². The standard InChI is InChI=1S/C18H23ClN4O2/c1-12(2)16(22-17(24)14-4-6-15(19)7-5-14)18(25)21-13(3)10-23-9-8-20-11-23/h4-9,11-13,16H,10H2,1-3H3,(H,21,25)(H,22,24)/t13-,16-/m0/s1. The number of nitrogens with one attached hydrogen (secondary N) is 2. The smallest absolute Gasteiger partial charge is 0.251 e. The van der Waals surface area contributed by atoms with Gasteiger partial charge in [-0.2, -0.15) is 0 Å². The Labute approximate surface area is 152 Å². The maximum atomic E-state index is 12.6. The Morgan fingerprint density at radius 1 is 1.16 bits per heavy atom. The molecule has 0 fully saturated rings. The molecule has 2 N–H and O–H groups in total. The van der Waals surface area contributed by atoms with E-state index >= 15 is 0 Å². The summed E-state index contributed by atoms with van der Waals surface area (Å²) < 4.78 is 1.89. The molecule has 0 aliphatic rings. The minimum atomic E-state index is -0.617. The molecule has 0 spiro atoms. The zero-order valence-electron chi connectivity index (χ0n) is 14.6. The third-order valence-corrected chi connectivity index (χ3v) is 4.03. The van der Waals surface area contributed by atoms with Gasteiger partial charge < -0.3 is 15.2 Å². The van der Waals surface area contributed by atoms with E-state index in [1.165, 1.54) is 0 Å². The van der Waals surface area contributed by atoms with E-state index in [-0.39, 0.29) is 23.8 Å². The number of hydrogen-bond donors (Lipinski definition) is 2. The topological polar surface area (TPSA) is 76.0 Å². The van der Waals surface area contributed by atoms with Crippen molar-refractivity contribution in [3.05, 3.63) is 53.6 Å². The zero-order chi connectivity index (χ0) is 18.4. The van der Waals surface area contributed by atoms with Crippen molar-refractivity contribution < 1.29 is 9.59 Å². The molecule has 1 aromatic heterocycles. The highest BCUT2D eigenvalue weighted by atomic mass is 35.5. The van der Waals surface area contributed by atoms with Crippen LogP contribution in [0, 0.1) is 5.92 Å². The van der Waals surface area contributed by atoms with Crippen molar-refractivity contribution in [2.24, 2.45) is 5.92 Å². The van der Waals surface area contributed by atoms with Gasteiger partial charge >= 0.3 is 0 Å². The Morgan fingerprint density at radius 3 is 2.40 bits per heavy atom. The van der Waals surface area contributed by atoms with Gasteiger partial charge in [0.15, 0.2) is 0 Å². The first kappa shape index (κ1) is 19.0. The molecule has 0 unspecified atom stereocenters. The van der Waals surface area contributed by atoms with Crippen LogP contribution in [0.3, 0.4) is 0 Å². The van der Waals surface area contributed by atoms with Crippen molar-refractivity contribution in [3.8, 4) is 0 Å². The van der Waals surface area contributed by atoms with Crippen molar-refractivity contribution in [1.29, 1.82) is 0 Å². The van der Waals surface area contributed by atoms with Crippen LogP contribution in [0.1, 0.15) is 31.1 Å².